The normalized spacial score (nSPS) is 13.2. The Morgan fingerprint density at radius 3 is 1.77 bits per heavy atom. The van der Waals surface area contributed by atoms with Gasteiger partial charge in [-0.15, -0.1) is 0 Å². The van der Waals surface area contributed by atoms with Crippen LogP contribution in [0.2, 0.25) is 0 Å². The molecule has 0 aliphatic carbocycles. The van der Waals surface area contributed by atoms with Crippen molar-refractivity contribution in [1.82, 2.24) is 19.1 Å². The lowest BCUT2D eigenvalue weighted by molar-refractivity contribution is 0.590. The van der Waals surface area contributed by atoms with Crippen LogP contribution in [0.15, 0.2) is 114 Å². The maximum absolute atomic E-state index is 6.87. The van der Waals surface area contributed by atoms with Crippen LogP contribution < -0.4 is 16.4 Å². The van der Waals surface area contributed by atoms with E-state index in [-0.39, 0.29) is 12.1 Å². The summed E-state index contributed by atoms with van der Waals surface area (Å²) in [5.41, 5.74) is 20.6. The van der Waals surface area contributed by atoms with Crippen LogP contribution in [0, 0.1) is 27.7 Å². The van der Waals surface area contributed by atoms with Gasteiger partial charge in [-0.2, -0.15) is 0 Å². The van der Waals surface area contributed by atoms with Gasteiger partial charge in [0, 0.05) is 38.7 Å². The zero-order valence-corrected chi connectivity index (χ0v) is 32.7. The molecule has 268 valence electrons. The molecule has 0 N–H and O–H groups in total. The first-order chi connectivity index (χ1) is 27.1. The largest absolute Gasteiger partial charge is 0.454 e. The molecule has 5 heterocycles. The number of benzene rings is 7. The fraction of sp³-hybridized carbons (Fsp3) is 0.160. The Morgan fingerprint density at radius 2 is 1.12 bits per heavy atom. The summed E-state index contributed by atoms with van der Waals surface area (Å²) in [4.78, 5) is 11.3. The van der Waals surface area contributed by atoms with Gasteiger partial charge in [0.2, 0.25) is 0 Å². The molecule has 0 unspecified atom stereocenters. The van der Waals surface area contributed by atoms with Crippen LogP contribution in [-0.2, 0) is 5.41 Å². The van der Waals surface area contributed by atoms with Crippen LogP contribution in [0.5, 0.6) is 0 Å². The molecule has 2 aliphatic rings. The fourth-order valence-electron chi connectivity index (χ4n) is 10.2. The summed E-state index contributed by atoms with van der Waals surface area (Å²) in [6.45, 7) is 15.6. The molecular weight excluding hydrogens is 683 g/mol. The van der Waals surface area contributed by atoms with Crippen molar-refractivity contribution >= 4 is 77.9 Å². The maximum atomic E-state index is 6.87. The van der Waals surface area contributed by atoms with Crippen LogP contribution in [0.3, 0.4) is 0 Å². The summed E-state index contributed by atoms with van der Waals surface area (Å²) in [5.74, 6) is 1.93. The van der Waals surface area contributed by atoms with Gasteiger partial charge in [0.05, 0.1) is 16.6 Å². The molecule has 0 saturated heterocycles. The number of nitrogens with zero attached hydrogens (tertiary/aromatic N) is 4. The molecule has 0 saturated carbocycles. The summed E-state index contributed by atoms with van der Waals surface area (Å²) < 4.78 is 11.8. The van der Waals surface area contributed by atoms with Crippen molar-refractivity contribution in [3.63, 3.8) is 0 Å². The van der Waals surface area contributed by atoms with E-state index in [9.17, 15) is 0 Å². The molecule has 10 aromatic rings. The summed E-state index contributed by atoms with van der Waals surface area (Å²) >= 11 is 0. The Balaban J connectivity index is 1.30. The molecule has 56 heavy (non-hydrogen) atoms. The SMILES string of the molecule is Cc1cccc(C)c1-c1nc2c3ccccc3cc3c2n1-c1cccc2c1B3c1cc3c4cc(C(C)(C)C)ccc4oc3c3nc(-c4c(C)cccc4C)n-2c13. The van der Waals surface area contributed by atoms with Gasteiger partial charge in [-0.25, -0.2) is 9.97 Å². The van der Waals surface area contributed by atoms with Crippen molar-refractivity contribution in [3.05, 3.63) is 137 Å². The molecule has 6 heteroatoms. The maximum Gasteiger partial charge on any atom is 0.252 e. The molecule has 7 aromatic carbocycles. The van der Waals surface area contributed by atoms with E-state index in [4.69, 9.17) is 14.4 Å². The quantitative estimate of drug-likeness (QED) is 0.167. The summed E-state index contributed by atoms with van der Waals surface area (Å²) in [6, 6.07) is 40.3. The second kappa shape index (κ2) is 10.7. The topological polar surface area (TPSA) is 48.8 Å². The van der Waals surface area contributed by atoms with Gasteiger partial charge in [0.1, 0.15) is 22.7 Å². The van der Waals surface area contributed by atoms with Gasteiger partial charge in [-0.1, -0.05) is 106 Å². The zero-order chi connectivity index (χ0) is 37.9. The van der Waals surface area contributed by atoms with Crippen molar-refractivity contribution in [2.75, 3.05) is 0 Å². The Kier molecular flexibility index (Phi) is 6.08. The van der Waals surface area contributed by atoms with E-state index in [1.165, 1.54) is 71.7 Å². The van der Waals surface area contributed by atoms with Crippen molar-refractivity contribution < 1.29 is 4.42 Å². The van der Waals surface area contributed by atoms with Crippen molar-refractivity contribution in [3.8, 4) is 34.2 Å². The number of furan rings is 1. The van der Waals surface area contributed by atoms with Crippen LogP contribution in [-0.4, -0.2) is 25.8 Å². The summed E-state index contributed by atoms with van der Waals surface area (Å²) in [5, 5.41) is 4.62. The van der Waals surface area contributed by atoms with Gasteiger partial charge in [-0.3, -0.25) is 9.13 Å². The Bertz CT molecular complexity index is 3370. The number of aromatic nitrogens is 4. The molecular formula is C50H39BN4O. The smallest absolute Gasteiger partial charge is 0.252 e. The average molecular weight is 723 g/mol. The minimum absolute atomic E-state index is 0.00719. The first-order valence-electron chi connectivity index (χ1n) is 19.7. The number of hydrogen-bond donors (Lipinski definition) is 0. The van der Waals surface area contributed by atoms with Gasteiger partial charge >= 0.3 is 0 Å². The number of imidazole rings is 2. The van der Waals surface area contributed by atoms with E-state index in [2.05, 4.69) is 167 Å². The predicted octanol–water partition coefficient (Wildman–Crippen LogP) is 10.4. The Hall–Kier alpha value is -6.40. The fourth-order valence-corrected chi connectivity index (χ4v) is 10.2. The third kappa shape index (κ3) is 3.96. The van der Waals surface area contributed by atoms with Crippen LogP contribution in [0.25, 0.3) is 88.9 Å². The van der Waals surface area contributed by atoms with E-state index in [1.807, 2.05) is 0 Å². The third-order valence-corrected chi connectivity index (χ3v) is 12.8. The van der Waals surface area contributed by atoms with E-state index in [0.717, 1.165) is 61.4 Å². The number of aryl methyl sites for hydroxylation is 4. The second-order valence-corrected chi connectivity index (χ2v) is 17.2. The minimum Gasteiger partial charge on any atom is -0.454 e. The second-order valence-electron chi connectivity index (χ2n) is 17.2. The van der Waals surface area contributed by atoms with Crippen molar-refractivity contribution in [1.29, 1.82) is 0 Å². The molecule has 5 nitrogen and oxygen atoms in total. The van der Waals surface area contributed by atoms with Gasteiger partial charge in [-0.05, 0) is 107 Å². The molecule has 0 spiro atoms. The lowest BCUT2D eigenvalue weighted by Crippen LogP contribution is -2.59. The predicted molar refractivity (Wildman–Crippen MR) is 234 cm³/mol. The van der Waals surface area contributed by atoms with Gasteiger partial charge < -0.3 is 4.42 Å². The van der Waals surface area contributed by atoms with Crippen LogP contribution in [0.4, 0.5) is 0 Å². The van der Waals surface area contributed by atoms with E-state index in [0.29, 0.717) is 0 Å². The Labute approximate surface area is 325 Å². The summed E-state index contributed by atoms with van der Waals surface area (Å²) in [6.07, 6.45) is 0. The van der Waals surface area contributed by atoms with Crippen LogP contribution >= 0.6 is 0 Å². The molecule has 3 aromatic heterocycles. The zero-order valence-electron chi connectivity index (χ0n) is 32.7. The average Bonchev–Trinajstić information content (AvgIpc) is 3.87. The number of rotatable bonds is 2. The number of hydrogen-bond acceptors (Lipinski definition) is 3. The molecule has 0 atom stereocenters. The molecule has 2 aliphatic heterocycles. The molecule has 12 rings (SSSR count). The number of fused-ring (bicyclic) bond motifs is 10. The third-order valence-electron chi connectivity index (χ3n) is 12.8. The van der Waals surface area contributed by atoms with Gasteiger partial charge in [0.25, 0.3) is 6.71 Å². The first kappa shape index (κ1) is 31.9. The molecule has 0 radical (unpaired) electrons. The van der Waals surface area contributed by atoms with Crippen molar-refractivity contribution in [2.45, 2.75) is 53.9 Å². The highest BCUT2D eigenvalue weighted by Crippen LogP contribution is 2.43. The molecule has 0 bridgehead atoms. The van der Waals surface area contributed by atoms with E-state index >= 15 is 0 Å². The van der Waals surface area contributed by atoms with E-state index in [1.54, 1.807) is 0 Å². The molecule has 0 amide bonds. The molecule has 0 fully saturated rings. The lowest BCUT2D eigenvalue weighted by atomic mass is 9.34. The lowest BCUT2D eigenvalue weighted by Gasteiger charge is -2.34. The van der Waals surface area contributed by atoms with Crippen LogP contribution in [0.1, 0.15) is 48.6 Å². The van der Waals surface area contributed by atoms with Gasteiger partial charge in [0.15, 0.2) is 5.58 Å². The summed E-state index contributed by atoms with van der Waals surface area (Å²) in [7, 11) is 0. The highest BCUT2D eigenvalue weighted by molar-refractivity contribution is 7.00. The Morgan fingerprint density at radius 1 is 0.554 bits per heavy atom. The van der Waals surface area contributed by atoms with E-state index < -0.39 is 0 Å². The standard InChI is InChI=1S/C50H39BN4O/c1-26-13-10-14-27(2)40(26)48-52-43-32-18-9-8-17-30(32)23-35-45(43)54(48)37-19-12-20-38-42(37)51(35)36-25-34-33-24-31(50(5,6)7)21-22-39(33)56-47(34)44-46(36)55(38)49(53-44)41-28(3)15-11-16-29(41)4/h8-25H,1-7H3. The first-order valence-corrected chi connectivity index (χ1v) is 19.7. The monoisotopic (exact) mass is 722 g/mol. The minimum atomic E-state index is -0.0546. The highest BCUT2D eigenvalue weighted by Gasteiger charge is 2.43. The highest BCUT2D eigenvalue weighted by atomic mass is 16.3. The van der Waals surface area contributed by atoms with Crippen molar-refractivity contribution in [2.24, 2.45) is 0 Å².